The Balaban J connectivity index is 2.09. The summed E-state index contributed by atoms with van der Waals surface area (Å²) < 4.78 is 27.2. The van der Waals surface area contributed by atoms with Gasteiger partial charge in [0.1, 0.15) is 12.6 Å². The van der Waals surface area contributed by atoms with Crippen molar-refractivity contribution in [1.82, 2.24) is 10.2 Å². The fourth-order valence-electron chi connectivity index (χ4n) is 4.57. The monoisotopic (exact) mass is 645 g/mol. The van der Waals surface area contributed by atoms with E-state index in [1.165, 1.54) is 4.90 Å². The summed E-state index contributed by atoms with van der Waals surface area (Å²) in [4.78, 5) is 29.4. The third-order valence-corrected chi connectivity index (χ3v) is 8.90. The smallest absolute Gasteiger partial charge is 0.244 e. The molecule has 2 amide bonds. The molecule has 0 aliphatic carbocycles. The van der Waals surface area contributed by atoms with Crippen molar-refractivity contribution in [1.29, 1.82) is 0 Å². The number of nitrogens with one attached hydrogen (secondary N) is 1. The minimum absolute atomic E-state index is 0.0928. The van der Waals surface area contributed by atoms with E-state index < -0.39 is 28.5 Å². The van der Waals surface area contributed by atoms with Gasteiger partial charge >= 0.3 is 0 Å². The highest BCUT2D eigenvalue weighted by Crippen LogP contribution is 2.29. The molecule has 0 spiro atoms. The molecule has 0 saturated heterocycles. The number of nitrogens with zero attached hydrogens (tertiary/aromatic N) is 2. The number of hydrogen-bond donors (Lipinski definition) is 1. The molecule has 0 saturated carbocycles. The molecule has 0 fully saturated rings. The van der Waals surface area contributed by atoms with Crippen LogP contribution in [0.15, 0.2) is 72.8 Å². The molecule has 0 aliphatic heterocycles. The van der Waals surface area contributed by atoms with Crippen molar-refractivity contribution in [3.05, 3.63) is 99.5 Å². The van der Waals surface area contributed by atoms with Crippen molar-refractivity contribution in [2.24, 2.45) is 5.92 Å². The topological polar surface area (TPSA) is 86.8 Å². The molecule has 1 unspecified atom stereocenters. The summed E-state index contributed by atoms with van der Waals surface area (Å²) in [6, 6.07) is 20.5. The Hall–Kier alpha value is -3.07. The van der Waals surface area contributed by atoms with E-state index in [-0.39, 0.29) is 30.2 Å². The van der Waals surface area contributed by atoms with Gasteiger partial charge in [-0.2, -0.15) is 0 Å². The molecular formula is C33H41Cl2N3O4S. The lowest BCUT2D eigenvalue weighted by Gasteiger charge is -2.34. The zero-order valence-electron chi connectivity index (χ0n) is 25.6. The van der Waals surface area contributed by atoms with Gasteiger partial charge in [-0.25, -0.2) is 8.42 Å². The van der Waals surface area contributed by atoms with Gasteiger partial charge in [-0.05, 0) is 46.7 Å². The first-order valence-electron chi connectivity index (χ1n) is 14.2. The van der Waals surface area contributed by atoms with Crippen molar-refractivity contribution < 1.29 is 18.0 Å². The average Bonchev–Trinajstić information content (AvgIpc) is 2.93. The standard InChI is InChI=1S/C33H41Cl2N3O4S/c1-23(2)20-36-32(40)30(19-24-11-8-7-9-12-24)37(21-27-28(34)13-10-14-29(27)35)31(39)22-38(43(6,41)42)26-17-15-25(16-18-26)33(3,4)5/h7-18,23,30H,19-22H2,1-6H3,(H,36,40). The molecule has 1 N–H and O–H groups in total. The first-order chi connectivity index (χ1) is 20.1. The van der Waals surface area contributed by atoms with E-state index in [4.69, 9.17) is 23.2 Å². The molecular weight excluding hydrogens is 605 g/mol. The number of carbonyl (C=O) groups excluding carboxylic acids is 2. The Morgan fingerprint density at radius 3 is 1.98 bits per heavy atom. The Morgan fingerprint density at radius 2 is 1.47 bits per heavy atom. The molecule has 0 aromatic heterocycles. The summed E-state index contributed by atoms with van der Waals surface area (Å²) in [5.74, 6) is -0.739. The Morgan fingerprint density at radius 1 is 0.884 bits per heavy atom. The number of benzene rings is 3. The Labute approximate surface area is 266 Å². The highest BCUT2D eigenvalue weighted by molar-refractivity contribution is 7.92. The first kappa shape index (κ1) is 34.4. The predicted molar refractivity (Wildman–Crippen MR) is 176 cm³/mol. The maximum Gasteiger partial charge on any atom is 0.244 e. The zero-order valence-corrected chi connectivity index (χ0v) is 27.9. The van der Waals surface area contributed by atoms with Crippen LogP contribution in [0.3, 0.4) is 0 Å². The molecule has 10 heteroatoms. The molecule has 1 atom stereocenters. The van der Waals surface area contributed by atoms with Crippen molar-refractivity contribution in [3.8, 4) is 0 Å². The van der Waals surface area contributed by atoms with Crippen LogP contribution in [0.5, 0.6) is 0 Å². The summed E-state index contributed by atoms with van der Waals surface area (Å²) >= 11 is 13.0. The molecule has 3 aromatic rings. The maximum atomic E-state index is 14.3. The quantitative estimate of drug-likeness (QED) is 0.245. The van der Waals surface area contributed by atoms with Crippen LogP contribution in [0.1, 0.15) is 51.3 Å². The lowest BCUT2D eigenvalue weighted by molar-refractivity contribution is -0.140. The fraction of sp³-hybridized carbons (Fsp3) is 0.394. The van der Waals surface area contributed by atoms with Gasteiger partial charge in [-0.3, -0.25) is 13.9 Å². The predicted octanol–water partition coefficient (Wildman–Crippen LogP) is 6.47. The number of rotatable bonds is 12. The number of halogens is 2. The van der Waals surface area contributed by atoms with Gasteiger partial charge in [0, 0.05) is 35.1 Å². The fourth-order valence-corrected chi connectivity index (χ4v) is 5.94. The number of anilines is 1. The molecule has 43 heavy (non-hydrogen) atoms. The molecule has 0 radical (unpaired) electrons. The summed E-state index contributed by atoms with van der Waals surface area (Å²) in [7, 11) is -3.88. The maximum absolute atomic E-state index is 14.3. The van der Waals surface area contributed by atoms with Crippen LogP contribution in [-0.4, -0.2) is 50.5 Å². The van der Waals surface area contributed by atoms with Crippen molar-refractivity contribution in [3.63, 3.8) is 0 Å². The average molecular weight is 647 g/mol. The van der Waals surface area contributed by atoms with E-state index in [1.807, 2.05) is 56.3 Å². The largest absolute Gasteiger partial charge is 0.354 e. The first-order valence-corrected chi connectivity index (χ1v) is 16.8. The van der Waals surface area contributed by atoms with Crippen molar-refractivity contribution >= 4 is 50.7 Å². The van der Waals surface area contributed by atoms with Gasteiger partial charge in [0.05, 0.1) is 11.9 Å². The van der Waals surface area contributed by atoms with Crippen LogP contribution in [-0.2, 0) is 38.0 Å². The zero-order chi connectivity index (χ0) is 31.9. The van der Waals surface area contributed by atoms with Crippen LogP contribution in [0.4, 0.5) is 5.69 Å². The number of amides is 2. The molecule has 7 nitrogen and oxygen atoms in total. The second-order valence-electron chi connectivity index (χ2n) is 12.1. The van der Waals surface area contributed by atoms with Gasteiger partial charge in [-0.1, -0.05) is 106 Å². The molecule has 0 heterocycles. The van der Waals surface area contributed by atoms with Crippen LogP contribution in [0, 0.1) is 5.92 Å². The van der Waals surface area contributed by atoms with E-state index in [0.29, 0.717) is 27.8 Å². The van der Waals surface area contributed by atoms with E-state index >= 15 is 0 Å². The third-order valence-electron chi connectivity index (χ3n) is 7.05. The second-order valence-corrected chi connectivity index (χ2v) is 14.9. The Bertz CT molecular complexity index is 1490. The van der Waals surface area contributed by atoms with Gasteiger partial charge in [-0.15, -0.1) is 0 Å². The normalized spacial score (nSPS) is 12.6. The highest BCUT2D eigenvalue weighted by Gasteiger charge is 2.34. The van der Waals surface area contributed by atoms with E-state index in [1.54, 1.807) is 30.3 Å². The van der Waals surface area contributed by atoms with Crippen molar-refractivity contribution in [2.75, 3.05) is 23.7 Å². The second kappa shape index (κ2) is 14.6. The Kier molecular flexibility index (Phi) is 11.7. The molecule has 3 rings (SSSR count). The van der Waals surface area contributed by atoms with Crippen LogP contribution in [0.25, 0.3) is 0 Å². The molecule has 0 bridgehead atoms. The van der Waals surface area contributed by atoms with Crippen LogP contribution in [0.2, 0.25) is 10.0 Å². The summed E-state index contributed by atoms with van der Waals surface area (Å²) in [6.07, 6.45) is 1.27. The molecule has 3 aromatic carbocycles. The summed E-state index contributed by atoms with van der Waals surface area (Å²) in [5, 5.41) is 3.63. The summed E-state index contributed by atoms with van der Waals surface area (Å²) in [6.45, 7) is 9.96. The minimum Gasteiger partial charge on any atom is -0.354 e. The minimum atomic E-state index is -3.88. The lowest BCUT2D eigenvalue weighted by Crippen LogP contribution is -2.53. The summed E-state index contributed by atoms with van der Waals surface area (Å²) in [5.41, 5.74) is 2.55. The SMILES string of the molecule is CC(C)CNC(=O)C(Cc1ccccc1)N(Cc1c(Cl)cccc1Cl)C(=O)CN(c1ccc(C(C)(C)C)cc1)S(C)(=O)=O. The van der Waals surface area contributed by atoms with Gasteiger partial charge in [0.2, 0.25) is 21.8 Å². The number of sulfonamides is 1. The lowest BCUT2D eigenvalue weighted by atomic mass is 9.87. The van der Waals surface area contributed by atoms with E-state index in [2.05, 4.69) is 26.1 Å². The van der Waals surface area contributed by atoms with Crippen LogP contribution >= 0.6 is 23.2 Å². The number of carbonyl (C=O) groups is 2. The van der Waals surface area contributed by atoms with E-state index in [0.717, 1.165) is 21.7 Å². The van der Waals surface area contributed by atoms with Gasteiger partial charge in [0.25, 0.3) is 0 Å². The van der Waals surface area contributed by atoms with Crippen molar-refractivity contribution in [2.45, 2.75) is 59.0 Å². The molecule has 0 aliphatic rings. The van der Waals surface area contributed by atoms with Gasteiger partial charge < -0.3 is 10.2 Å². The van der Waals surface area contributed by atoms with E-state index in [9.17, 15) is 18.0 Å². The number of hydrogen-bond acceptors (Lipinski definition) is 4. The molecule has 232 valence electrons. The van der Waals surface area contributed by atoms with Gasteiger partial charge in [0.15, 0.2) is 0 Å². The highest BCUT2D eigenvalue weighted by atomic mass is 35.5. The third kappa shape index (κ3) is 9.71. The van der Waals surface area contributed by atoms with Crippen LogP contribution < -0.4 is 9.62 Å².